The summed E-state index contributed by atoms with van der Waals surface area (Å²) in [5.41, 5.74) is 0. The number of nitrogens with one attached hydrogen (secondary N) is 2. The van der Waals surface area contributed by atoms with Crippen molar-refractivity contribution in [3.05, 3.63) is 0 Å². The maximum Gasteiger partial charge on any atom is 0.191 e. The van der Waals surface area contributed by atoms with Gasteiger partial charge >= 0.3 is 0 Å². The molecule has 6 heteroatoms. The smallest absolute Gasteiger partial charge is 0.191 e. The van der Waals surface area contributed by atoms with Crippen molar-refractivity contribution >= 4 is 17.7 Å². The van der Waals surface area contributed by atoms with Crippen molar-refractivity contribution < 1.29 is 9.47 Å². The average molecular weight is 330 g/mol. The van der Waals surface area contributed by atoms with Crippen LogP contribution >= 0.6 is 11.8 Å². The van der Waals surface area contributed by atoms with E-state index in [0.717, 1.165) is 58.2 Å². The van der Waals surface area contributed by atoms with Crippen LogP contribution < -0.4 is 10.6 Å². The molecule has 0 spiro atoms. The molecule has 2 aliphatic rings. The van der Waals surface area contributed by atoms with Crippen LogP contribution in [0.5, 0.6) is 0 Å². The van der Waals surface area contributed by atoms with E-state index in [1.54, 1.807) is 0 Å². The highest BCUT2D eigenvalue weighted by atomic mass is 32.2. The van der Waals surface area contributed by atoms with Crippen molar-refractivity contribution in [3.63, 3.8) is 0 Å². The Morgan fingerprint density at radius 1 is 1.32 bits per heavy atom. The number of ether oxygens (including phenoxy) is 2. The molecule has 5 nitrogen and oxygen atoms in total. The maximum atomic E-state index is 5.78. The van der Waals surface area contributed by atoms with Crippen LogP contribution in [0.1, 0.15) is 32.1 Å². The van der Waals surface area contributed by atoms with Gasteiger partial charge in [0.1, 0.15) is 0 Å². The quantitative estimate of drug-likeness (QED) is 0.424. The lowest BCUT2D eigenvalue weighted by atomic mass is 10.0. The first kappa shape index (κ1) is 17.9. The van der Waals surface area contributed by atoms with Crippen LogP contribution in [0.4, 0.5) is 0 Å². The van der Waals surface area contributed by atoms with Gasteiger partial charge in [0, 0.05) is 51.8 Å². The van der Waals surface area contributed by atoms with E-state index in [0.29, 0.717) is 12.0 Å². The highest BCUT2D eigenvalue weighted by molar-refractivity contribution is 7.99. The summed E-state index contributed by atoms with van der Waals surface area (Å²) in [5, 5.41) is 6.90. The average Bonchev–Trinajstić information content (AvgIpc) is 2.58. The molecule has 0 saturated carbocycles. The number of guanidine groups is 1. The molecule has 22 heavy (non-hydrogen) atoms. The molecular weight excluding hydrogens is 298 g/mol. The Labute approximate surface area is 139 Å². The SMILES string of the molecule is CN=C(NCCCOCC1CCOCC1)NC1CCCSC1. The third kappa shape index (κ3) is 7.20. The summed E-state index contributed by atoms with van der Waals surface area (Å²) in [5.74, 6) is 4.11. The van der Waals surface area contributed by atoms with E-state index >= 15 is 0 Å². The van der Waals surface area contributed by atoms with Gasteiger partial charge in [-0.1, -0.05) is 0 Å². The number of thioether (sulfide) groups is 1. The Hall–Kier alpha value is -0.460. The largest absolute Gasteiger partial charge is 0.381 e. The van der Waals surface area contributed by atoms with Crippen LogP contribution in [0.3, 0.4) is 0 Å². The summed E-state index contributed by atoms with van der Waals surface area (Å²) in [6.45, 7) is 4.41. The summed E-state index contributed by atoms with van der Waals surface area (Å²) in [7, 11) is 1.84. The normalized spacial score (nSPS) is 24.2. The van der Waals surface area contributed by atoms with E-state index in [2.05, 4.69) is 15.6 Å². The van der Waals surface area contributed by atoms with Crippen molar-refractivity contribution in [2.75, 3.05) is 51.5 Å². The number of hydrogen-bond donors (Lipinski definition) is 2. The fraction of sp³-hybridized carbons (Fsp3) is 0.938. The maximum absolute atomic E-state index is 5.78. The van der Waals surface area contributed by atoms with Crippen molar-refractivity contribution in [3.8, 4) is 0 Å². The minimum absolute atomic E-state index is 0.565. The van der Waals surface area contributed by atoms with E-state index in [4.69, 9.17) is 9.47 Å². The first-order valence-corrected chi connectivity index (χ1v) is 9.74. The fourth-order valence-corrected chi connectivity index (χ4v) is 3.86. The first-order valence-electron chi connectivity index (χ1n) is 8.59. The van der Waals surface area contributed by atoms with E-state index in [-0.39, 0.29) is 0 Å². The molecule has 128 valence electrons. The second-order valence-corrected chi connectivity index (χ2v) is 7.19. The molecule has 0 aliphatic carbocycles. The van der Waals surface area contributed by atoms with Gasteiger partial charge in [-0.2, -0.15) is 11.8 Å². The van der Waals surface area contributed by atoms with Crippen LogP contribution in [0.25, 0.3) is 0 Å². The Balaban J connectivity index is 1.47. The minimum atomic E-state index is 0.565. The molecule has 0 aromatic carbocycles. The lowest BCUT2D eigenvalue weighted by Gasteiger charge is -2.24. The summed E-state index contributed by atoms with van der Waals surface area (Å²) in [6.07, 6.45) is 5.87. The summed E-state index contributed by atoms with van der Waals surface area (Å²) in [4.78, 5) is 4.30. The minimum Gasteiger partial charge on any atom is -0.381 e. The molecule has 2 N–H and O–H groups in total. The molecular formula is C16H31N3O2S. The molecule has 0 aromatic rings. The summed E-state index contributed by atoms with van der Waals surface area (Å²) >= 11 is 2.03. The van der Waals surface area contributed by atoms with E-state index in [1.165, 1.54) is 24.3 Å². The van der Waals surface area contributed by atoms with Gasteiger partial charge in [0.2, 0.25) is 0 Å². The zero-order valence-electron chi connectivity index (χ0n) is 13.8. The number of aliphatic imine (C=N–C) groups is 1. The monoisotopic (exact) mass is 329 g/mol. The molecule has 0 bridgehead atoms. The first-order chi connectivity index (χ1) is 10.9. The second-order valence-electron chi connectivity index (χ2n) is 6.04. The number of rotatable bonds is 7. The van der Waals surface area contributed by atoms with E-state index in [1.807, 2.05) is 18.8 Å². The lowest BCUT2D eigenvalue weighted by Crippen LogP contribution is -2.45. The molecule has 1 atom stereocenters. The summed E-state index contributed by atoms with van der Waals surface area (Å²) < 4.78 is 11.1. The molecule has 2 rings (SSSR count). The van der Waals surface area contributed by atoms with Gasteiger partial charge in [-0.25, -0.2) is 0 Å². The zero-order valence-corrected chi connectivity index (χ0v) is 14.6. The highest BCUT2D eigenvalue weighted by Gasteiger charge is 2.15. The van der Waals surface area contributed by atoms with Gasteiger partial charge in [0.25, 0.3) is 0 Å². The van der Waals surface area contributed by atoms with Gasteiger partial charge in [-0.05, 0) is 43.8 Å². The molecule has 2 fully saturated rings. The molecule has 0 aromatic heterocycles. The van der Waals surface area contributed by atoms with Crippen LogP contribution in [0, 0.1) is 5.92 Å². The van der Waals surface area contributed by atoms with Gasteiger partial charge in [-0.3, -0.25) is 4.99 Å². The Kier molecular flexibility index (Phi) is 9.05. The molecule has 2 aliphatic heterocycles. The van der Waals surface area contributed by atoms with Crippen molar-refractivity contribution in [2.45, 2.75) is 38.1 Å². The predicted octanol–water partition coefficient (Wildman–Crippen LogP) is 1.88. The number of nitrogens with zero attached hydrogens (tertiary/aromatic N) is 1. The second kappa shape index (κ2) is 11.1. The van der Waals surface area contributed by atoms with Crippen molar-refractivity contribution in [1.82, 2.24) is 10.6 Å². The highest BCUT2D eigenvalue weighted by Crippen LogP contribution is 2.16. The molecule has 0 radical (unpaired) electrons. The van der Waals surface area contributed by atoms with Crippen LogP contribution in [-0.4, -0.2) is 63.5 Å². The third-order valence-corrected chi connectivity index (χ3v) is 5.39. The van der Waals surface area contributed by atoms with E-state index in [9.17, 15) is 0 Å². The topological polar surface area (TPSA) is 54.9 Å². The van der Waals surface area contributed by atoms with Gasteiger partial charge in [-0.15, -0.1) is 0 Å². The molecule has 2 heterocycles. The predicted molar refractivity (Wildman–Crippen MR) is 93.8 cm³/mol. The molecule has 1 unspecified atom stereocenters. The number of hydrogen-bond acceptors (Lipinski definition) is 4. The van der Waals surface area contributed by atoms with E-state index < -0.39 is 0 Å². The molecule has 0 amide bonds. The Morgan fingerprint density at radius 3 is 2.91 bits per heavy atom. The van der Waals surface area contributed by atoms with Crippen molar-refractivity contribution in [2.24, 2.45) is 10.9 Å². The summed E-state index contributed by atoms with van der Waals surface area (Å²) in [6, 6.07) is 0.565. The Morgan fingerprint density at radius 2 is 2.18 bits per heavy atom. The van der Waals surface area contributed by atoms with Gasteiger partial charge < -0.3 is 20.1 Å². The van der Waals surface area contributed by atoms with Crippen molar-refractivity contribution in [1.29, 1.82) is 0 Å². The van der Waals surface area contributed by atoms with Gasteiger partial charge in [0.15, 0.2) is 5.96 Å². The van der Waals surface area contributed by atoms with Crippen LogP contribution in [0.15, 0.2) is 4.99 Å². The van der Waals surface area contributed by atoms with Crippen LogP contribution in [-0.2, 0) is 9.47 Å². The fourth-order valence-electron chi connectivity index (χ4n) is 2.79. The lowest BCUT2D eigenvalue weighted by molar-refractivity contribution is 0.0203. The Bertz CT molecular complexity index is 317. The van der Waals surface area contributed by atoms with Crippen LogP contribution in [0.2, 0.25) is 0 Å². The standard InChI is InChI=1S/C16H31N3O2S/c1-17-16(19-15-4-2-11-22-13-15)18-7-3-8-21-12-14-5-9-20-10-6-14/h14-15H,2-13H2,1H3,(H2,17,18,19). The zero-order chi connectivity index (χ0) is 15.5. The third-order valence-electron chi connectivity index (χ3n) is 4.18. The molecule has 2 saturated heterocycles. The van der Waals surface area contributed by atoms with Gasteiger partial charge in [0.05, 0.1) is 0 Å².